The number of aliphatic hydroxyl groups excluding tert-OH is 1. The van der Waals surface area contributed by atoms with Gasteiger partial charge < -0.3 is 9.84 Å². The third-order valence-electron chi connectivity index (χ3n) is 2.16. The van der Waals surface area contributed by atoms with E-state index in [4.69, 9.17) is 4.74 Å². The maximum Gasteiger partial charge on any atom is 0.153 e. The van der Waals surface area contributed by atoms with Gasteiger partial charge in [-0.1, -0.05) is 23.9 Å². The molecule has 1 aromatic rings. The van der Waals surface area contributed by atoms with Gasteiger partial charge in [-0.15, -0.1) is 0 Å². The Kier molecular flexibility index (Phi) is 2.24. The van der Waals surface area contributed by atoms with Crippen LogP contribution in [0.2, 0.25) is 0 Å². The van der Waals surface area contributed by atoms with Crippen LogP contribution in [-0.4, -0.2) is 10.0 Å². The van der Waals surface area contributed by atoms with E-state index in [0.29, 0.717) is 0 Å². The molecule has 0 fully saturated rings. The molecule has 76 valence electrons. The average molecular weight is 210 g/mol. The van der Waals surface area contributed by atoms with Crippen molar-refractivity contribution in [3.8, 4) is 5.75 Å². The van der Waals surface area contributed by atoms with Crippen molar-refractivity contribution < 1.29 is 9.84 Å². The molecule has 1 atom stereocenters. The number of hydrogen-bond donors (Lipinski definition) is 1. The van der Waals surface area contributed by atoms with Gasteiger partial charge in [-0.2, -0.15) is 0 Å². The average Bonchev–Trinajstić information content (AvgIpc) is 2.36. The van der Waals surface area contributed by atoms with E-state index in [1.165, 1.54) is 0 Å². The Balaban J connectivity index is 2.46. The standard InChI is InChI=1S/C11H14O2S/c1-7(12)8-5-4-6-9-10(8)13-11(2,3)14-9/h4-7,12H,1-3H3. The lowest BCUT2D eigenvalue weighted by Crippen LogP contribution is -2.18. The molecule has 0 bridgehead atoms. The molecule has 0 saturated heterocycles. The van der Waals surface area contributed by atoms with E-state index in [9.17, 15) is 5.11 Å². The van der Waals surface area contributed by atoms with Crippen molar-refractivity contribution in [2.75, 3.05) is 0 Å². The molecule has 0 amide bonds. The quantitative estimate of drug-likeness (QED) is 0.772. The summed E-state index contributed by atoms with van der Waals surface area (Å²) in [5.74, 6) is 0.845. The zero-order valence-corrected chi connectivity index (χ0v) is 9.39. The smallest absolute Gasteiger partial charge is 0.153 e. The zero-order chi connectivity index (χ0) is 10.3. The summed E-state index contributed by atoms with van der Waals surface area (Å²) in [6, 6.07) is 5.89. The van der Waals surface area contributed by atoms with Gasteiger partial charge >= 0.3 is 0 Å². The number of benzene rings is 1. The lowest BCUT2D eigenvalue weighted by Gasteiger charge is -2.17. The van der Waals surface area contributed by atoms with Gasteiger partial charge in [-0.05, 0) is 26.8 Å². The fourth-order valence-electron chi connectivity index (χ4n) is 1.58. The highest BCUT2D eigenvalue weighted by atomic mass is 32.2. The van der Waals surface area contributed by atoms with Crippen molar-refractivity contribution in [1.82, 2.24) is 0 Å². The second kappa shape index (κ2) is 3.17. The molecule has 3 heteroatoms. The summed E-state index contributed by atoms with van der Waals surface area (Å²) in [6.07, 6.45) is -0.473. The number of aliphatic hydroxyl groups is 1. The van der Waals surface area contributed by atoms with E-state index in [2.05, 4.69) is 0 Å². The predicted molar refractivity (Wildman–Crippen MR) is 57.6 cm³/mol. The van der Waals surface area contributed by atoms with Crippen LogP contribution in [-0.2, 0) is 0 Å². The number of ether oxygens (including phenoxy) is 1. The van der Waals surface area contributed by atoms with Crippen molar-refractivity contribution in [2.24, 2.45) is 0 Å². The van der Waals surface area contributed by atoms with Crippen molar-refractivity contribution in [3.63, 3.8) is 0 Å². The van der Waals surface area contributed by atoms with E-state index >= 15 is 0 Å². The topological polar surface area (TPSA) is 29.5 Å². The lowest BCUT2D eigenvalue weighted by atomic mass is 10.1. The number of para-hydroxylation sites is 1. The molecule has 0 radical (unpaired) electrons. The molecule has 1 unspecified atom stereocenters. The second-order valence-corrected chi connectivity index (χ2v) is 5.58. The summed E-state index contributed by atoms with van der Waals surface area (Å²) in [5.41, 5.74) is 0.876. The highest BCUT2D eigenvalue weighted by molar-refractivity contribution is 8.00. The Labute approximate surface area is 88.3 Å². The van der Waals surface area contributed by atoms with Gasteiger partial charge in [-0.25, -0.2) is 0 Å². The Hall–Kier alpha value is -0.670. The summed E-state index contributed by atoms with van der Waals surface area (Å²) in [6.45, 7) is 5.82. The summed E-state index contributed by atoms with van der Waals surface area (Å²) in [5, 5.41) is 9.57. The minimum atomic E-state index is -0.473. The highest BCUT2D eigenvalue weighted by Crippen LogP contribution is 2.49. The first-order valence-corrected chi connectivity index (χ1v) is 5.50. The molecule has 1 aromatic carbocycles. The third-order valence-corrected chi connectivity index (χ3v) is 3.28. The van der Waals surface area contributed by atoms with Gasteiger partial charge in [0.25, 0.3) is 0 Å². The first-order valence-electron chi connectivity index (χ1n) is 4.68. The number of fused-ring (bicyclic) bond motifs is 1. The van der Waals surface area contributed by atoms with Crippen LogP contribution in [0.25, 0.3) is 0 Å². The van der Waals surface area contributed by atoms with Crippen molar-refractivity contribution in [1.29, 1.82) is 0 Å². The highest BCUT2D eigenvalue weighted by Gasteiger charge is 2.33. The Morgan fingerprint density at radius 3 is 2.79 bits per heavy atom. The van der Waals surface area contributed by atoms with E-state index < -0.39 is 6.10 Å². The first kappa shape index (κ1) is 9.87. The molecule has 0 aromatic heterocycles. The molecular formula is C11H14O2S. The zero-order valence-electron chi connectivity index (χ0n) is 8.57. The Morgan fingerprint density at radius 1 is 1.43 bits per heavy atom. The maximum atomic E-state index is 9.57. The lowest BCUT2D eigenvalue weighted by molar-refractivity contribution is 0.175. The molecule has 2 rings (SSSR count). The van der Waals surface area contributed by atoms with Crippen LogP contribution in [0.1, 0.15) is 32.4 Å². The minimum absolute atomic E-state index is 0.215. The van der Waals surface area contributed by atoms with Crippen LogP contribution in [0.15, 0.2) is 23.1 Å². The van der Waals surface area contributed by atoms with Gasteiger partial charge in [0.05, 0.1) is 11.0 Å². The summed E-state index contributed by atoms with van der Waals surface area (Å²) in [7, 11) is 0. The molecule has 2 nitrogen and oxygen atoms in total. The normalized spacial score (nSPS) is 20.0. The summed E-state index contributed by atoms with van der Waals surface area (Å²) in [4.78, 5) is 0.904. The molecule has 0 spiro atoms. The molecule has 0 aliphatic carbocycles. The van der Waals surface area contributed by atoms with Gasteiger partial charge in [0, 0.05) is 5.56 Å². The van der Waals surface area contributed by atoms with Gasteiger partial charge in [-0.3, -0.25) is 0 Å². The number of hydrogen-bond acceptors (Lipinski definition) is 3. The molecule has 14 heavy (non-hydrogen) atoms. The maximum absolute atomic E-state index is 9.57. The molecule has 1 heterocycles. The van der Waals surface area contributed by atoms with Gasteiger partial charge in [0.15, 0.2) is 4.93 Å². The third kappa shape index (κ3) is 1.62. The SMILES string of the molecule is CC(O)c1cccc2c1OC(C)(C)S2. The minimum Gasteiger partial charge on any atom is -0.475 e. The Bertz CT molecular complexity index is 358. The predicted octanol–water partition coefficient (Wildman–Crippen LogP) is 2.96. The molecule has 1 N–H and O–H groups in total. The largest absolute Gasteiger partial charge is 0.475 e. The summed E-state index contributed by atoms with van der Waals surface area (Å²) < 4.78 is 5.79. The molecule has 1 aliphatic rings. The van der Waals surface area contributed by atoms with Crippen LogP contribution in [0, 0.1) is 0 Å². The van der Waals surface area contributed by atoms with Gasteiger partial charge in [0.2, 0.25) is 0 Å². The Morgan fingerprint density at radius 2 is 2.14 bits per heavy atom. The van der Waals surface area contributed by atoms with Crippen LogP contribution in [0.5, 0.6) is 5.75 Å². The second-order valence-electron chi connectivity index (χ2n) is 3.95. The van der Waals surface area contributed by atoms with Crippen molar-refractivity contribution in [3.05, 3.63) is 23.8 Å². The number of rotatable bonds is 1. The van der Waals surface area contributed by atoms with E-state index in [0.717, 1.165) is 16.2 Å². The van der Waals surface area contributed by atoms with Crippen LogP contribution in [0.3, 0.4) is 0 Å². The van der Waals surface area contributed by atoms with Crippen LogP contribution < -0.4 is 4.74 Å². The molecule has 0 saturated carbocycles. The van der Waals surface area contributed by atoms with Crippen LogP contribution in [0.4, 0.5) is 0 Å². The van der Waals surface area contributed by atoms with E-state index in [-0.39, 0.29) is 4.93 Å². The summed E-state index contributed by atoms with van der Waals surface area (Å²) >= 11 is 1.69. The van der Waals surface area contributed by atoms with E-state index in [1.807, 2.05) is 32.0 Å². The fraction of sp³-hybridized carbons (Fsp3) is 0.455. The first-order chi connectivity index (χ1) is 6.49. The number of thioether (sulfide) groups is 1. The fourth-order valence-corrected chi connectivity index (χ4v) is 2.64. The van der Waals surface area contributed by atoms with Crippen LogP contribution >= 0.6 is 11.8 Å². The van der Waals surface area contributed by atoms with Crippen molar-refractivity contribution >= 4 is 11.8 Å². The van der Waals surface area contributed by atoms with Crippen molar-refractivity contribution in [2.45, 2.75) is 36.7 Å². The molecular weight excluding hydrogens is 196 g/mol. The molecule has 1 aliphatic heterocycles. The van der Waals surface area contributed by atoms with Gasteiger partial charge in [0.1, 0.15) is 5.75 Å². The monoisotopic (exact) mass is 210 g/mol. The van der Waals surface area contributed by atoms with E-state index in [1.54, 1.807) is 18.7 Å².